The maximum Gasteiger partial charge on any atom is 0.244 e. The molecule has 0 unspecified atom stereocenters. The number of hydrogen-bond acceptors (Lipinski definition) is 4. The third kappa shape index (κ3) is 3.69. The molecular formula is C13H20ClN3O2S. The third-order valence-corrected chi connectivity index (χ3v) is 5.40. The number of hydrogen-bond donors (Lipinski definition) is 0. The van der Waals surface area contributed by atoms with Crippen molar-refractivity contribution in [3.63, 3.8) is 0 Å². The van der Waals surface area contributed by atoms with Gasteiger partial charge >= 0.3 is 0 Å². The van der Waals surface area contributed by atoms with Crippen LogP contribution in [0.5, 0.6) is 0 Å². The highest BCUT2D eigenvalue weighted by Crippen LogP contribution is 2.18. The van der Waals surface area contributed by atoms with Crippen LogP contribution in [0.25, 0.3) is 0 Å². The summed E-state index contributed by atoms with van der Waals surface area (Å²) in [6.07, 6.45) is 1.32. The second-order valence-electron chi connectivity index (χ2n) is 5.42. The van der Waals surface area contributed by atoms with Crippen molar-refractivity contribution < 1.29 is 8.42 Å². The molecule has 2 heterocycles. The van der Waals surface area contributed by atoms with Crippen LogP contribution in [-0.2, 0) is 10.0 Å². The van der Waals surface area contributed by atoms with Crippen molar-refractivity contribution in [3.8, 4) is 0 Å². The number of sulfonamides is 1. The molecule has 20 heavy (non-hydrogen) atoms. The van der Waals surface area contributed by atoms with Crippen LogP contribution in [0.3, 0.4) is 0 Å². The number of nitrogens with zero attached hydrogens (tertiary/aromatic N) is 3. The van der Waals surface area contributed by atoms with E-state index < -0.39 is 10.0 Å². The van der Waals surface area contributed by atoms with Crippen molar-refractivity contribution >= 4 is 21.6 Å². The van der Waals surface area contributed by atoms with Gasteiger partial charge in [-0.3, -0.25) is 0 Å². The van der Waals surface area contributed by atoms with Crippen LogP contribution in [0.1, 0.15) is 13.8 Å². The molecule has 1 fully saturated rings. The zero-order chi connectivity index (χ0) is 14.8. The molecular weight excluding hydrogens is 298 g/mol. The summed E-state index contributed by atoms with van der Waals surface area (Å²) in [6, 6.07) is 3.01. The molecule has 1 aliphatic rings. The Morgan fingerprint density at radius 3 is 2.40 bits per heavy atom. The van der Waals surface area contributed by atoms with Gasteiger partial charge in [0.1, 0.15) is 10.0 Å². The average molecular weight is 318 g/mol. The Kier molecular flexibility index (Phi) is 5.01. The predicted molar refractivity (Wildman–Crippen MR) is 79.3 cm³/mol. The second-order valence-corrected chi connectivity index (χ2v) is 7.74. The lowest BCUT2D eigenvalue weighted by Gasteiger charge is -2.34. The molecule has 1 saturated heterocycles. The average Bonchev–Trinajstić information content (AvgIpc) is 2.39. The van der Waals surface area contributed by atoms with E-state index in [2.05, 4.69) is 23.7 Å². The van der Waals surface area contributed by atoms with Crippen LogP contribution in [0, 0.1) is 5.92 Å². The molecule has 1 aliphatic heterocycles. The topological polar surface area (TPSA) is 53.5 Å². The predicted octanol–water partition coefficient (Wildman–Crippen LogP) is 1.70. The zero-order valence-electron chi connectivity index (χ0n) is 11.8. The molecule has 0 N–H and O–H groups in total. The number of pyridine rings is 1. The van der Waals surface area contributed by atoms with Crippen molar-refractivity contribution in [3.05, 3.63) is 23.5 Å². The molecule has 1 aromatic rings. The first-order valence-electron chi connectivity index (χ1n) is 6.73. The van der Waals surface area contributed by atoms with E-state index in [0.29, 0.717) is 24.2 Å². The standard InChI is InChI=1S/C13H20ClN3O2S/c1-11(2)10-16-5-7-17(8-6-16)20(18,19)12-3-4-13(14)15-9-12/h3-4,9,11H,5-8,10H2,1-2H3. The Labute approximate surface area is 125 Å². The van der Waals surface area contributed by atoms with E-state index in [-0.39, 0.29) is 4.90 Å². The smallest absolute Gasteiger partial charge is 0.244 e. The van der Waals surface area contributed by atoms with Crippen LogP contribution in [0.2, 0.25) is 5.15 Å². The first-order valence-corrected chi connectivity index (χ1v) is 8.55. The quantitative estimate of drug-likeness (QED) is 0.793. The van der Waals surface area contributed by atoms with E-state index in [1.165, 1.54) is 22.6 Å². The zero-order valence-corrected chi connectivity index (χ0v) is 13.4. The molecule has 1 aromatic heterocycles. The molecule has 7 heteroatoms. The molecule has 0 saturated carbocycles. The minimum absolute atomic E-state index is 0.208. The van der Waals surface area contributed by atoms with Crippen LogP contribution in [0.15, 0.2) is 23.2 Å². The Morgan fingerprint density at radius 2 is 1.90 bits per heavy atom. The van der Waals surface area contributed by atoms with Crippen LogP contribution < -0.4 is 0 Å². The fraction of sp³-hybridized carbons (Fsp3) is 0.615. The summed E-state index contributed by atoms with van der Waals surface area (Å²) in [4.78, 5) is 6.35. The summed E-state index contributed by atoms with van der Waals surface area (Å²) in [5.41, 5.74) is 0. The Bertz CT molecular complexity index is 537. The SMILES string of the molecule is CC(C)CN1CCN(S(=O)(=O)c2ccc(Cl)nc2)CC1. The molecule has 0 radical (unpaired) electrons. The highest BCUT2D eigenvalue weighted by Gasteiger charge is 2.28. The van der Waals surface area contributed by atoms with Gasteiger partial charge < -0.3 is 4.90 Å². The van der Waals surface area contributed by atoms with Crippen LogP contribution >= 0.6 is 11.6 Å². The molecule has 0 bridgehead atoms. The van der Waals surface area contributed by atoms with Gasteiger partial charge in [0.15, 0.2) is 0 Å². The maximum atomic E-state index is 12.5. The van der Waals surface area contributed by atoms with Gasteiger partial charge in [-0.05, 0) is 18.1 Å². The Morgan fingerprint density at radius 1 is 1.25 bits per heavy atom. The van der Waals surface area contributed by atoms with Gasteiger partial charge in [0.05, 0.1) is 0 Å². The third-order valence-electron chi connectivity index (χ3n) is 3.29. The van der Waals surface area contributed by atoms with Gasteiger partial charge in [-0.15, -0.1) is 0 Å². The molecule has 0 aromatic carbocycles. The summed E-state index contributed by atoms with van der Waals surface area (Å²) in [7, 11) is -3.45. The second kappa shape index (κ2) is 6.39. The summed E-state index contributed by atoms with van der Waals surface area (Å²) >= 11 is 5.69. The first-order chi connectivity index (χ1) is 9.39. The number of rotatable bonds is 4. The maximum absolute atomic E-state index is 12.5. The highest BCUT2D eigenvalue weighted by molar-refractivity contribution is 7.89. The minimum atomic E-state index is -3.45. The van der Waals surface area contributed by atoms with Crippen molar-refractivity contribution in [1.29, 1.82) is 0 Å². The summed E-state index contributed by atoms with van der Waals surface area (Å²) in [5.74, 6) is 0.596. The molecule has 112 valence electrons. The summed E-state index contributed by atoms with van der Waals surface area (Å²) in [5, 5.41) is 0.297. The lowest BCUT2D eigenvalue weighted by molar-refractivity contribution is 0.172. The van der Waals surface area contributed by atoms with Crippen molar-refractivity contribution in [2.45, 2.75) is 18.7 Å². The van der Waals surface area contributed by atoms with Crippen LogP contribution in [-0.4, -0.2) is 55.3 Å². The number of halogens is 1. The van der Waals surface area contributed by atoms with E-state index in [9.17, 15) is 8.42 Å². The summed E-state index contributed by atoms with van der Waals surface area (Å²) < 4.78 is 26.4. The minimum Gasteiger partial charge on any atom is -0.300 e. The van der Waals surface area contributed by atoms with E-state index >= 15 is 0 Å². The van der Waals surface area contributed by atoms with E-state index in [1.807, 2.05) is 0 Å². The Hall–Kier alpha value is -0.690. The monoisotopic (exact) mass is 317 g/mol. The lowest BCUT2D eigenvalue weighted by atomic mass is 10.2. The fourth-order valence-corrected chi connectivity index (χ4v) is 3.81. The van der Waals surface area contributed by atoms with E-state index in [0.717, 1.165) is 19.6 Å². The molecule has 5 nitrogen and oxygen atoms in total. The van der Waals surface area contributed by atoms with Gasteiger partial charge in [-0.1, -0.05) is 25.4 Å². The Balaban J connectivity index is 2.04. The van der Waals surface area contributed by atoms with Crippen molar-refractivity contribution in [1.82, 2.24) is 14.2 Å². The molecule has 0 spiro atoms. The number of piperazine rings is 1. The first kappa shape index (κ1) is 15.7. The molecule has 2 rings (SSSR count). The lowest BCUT2D eigenvalue weighted by Crippen LogP contribution is -2.49. The highest BCUT2D eigenvalue weighted by atomic mass is 35.5. The van der Waals surface area contributed by atoms with Crippen molar-refractivity contribution in [2.75, 3.05) is 32.7 Å². The van der Waals surface area contributed by atoms with Gasteiger partial charge in [0.25, 0.3) is 0 Å². The van der Waals surface area contributed by atoms with Gasteiger partial charge in [0.2, 0.25) is 10.0 Å². The fourth-order valence-electron chi connectivity index (χ4n) is 2.33. The number of aromatic nitrogens is 1. The van der Waals surface area contributed by atoms with Gasteiger partial charge in [-0.2, -0.15) is 4.31 Å². The molecule has 0 atom stereocenters. The van der Waals surface area contributed by atoms with Gasteiger partial charge in [-0.25, -0.2) is 13.4 Å². The van der Waals surface area contributed by atoms with Crippen LogP contribution in [0.4, 0.5) is 0 Å². The van der Waals surface area contributed by atoms with E-state index in [1.54, 1.807) is 0 Å². The van der Waals surface area contributed by atoms with Gasteiger partial charge in [0, 0.05) is 38.9 Å². The van der Waals surface area contributed by atoms with Crippen molar-refractivity contribution in [2.24, 2.45) is 5.92 Å². The molecule has 0 aliphatic carbocycles. The summed E-state index contributed by atoms with van der Waals surface area (Å²) in [6.45, 7) is 7.95. The largest absolute Gasteiger partial charge is 0.300 e. The normalized spacial score (nSPS) is 18.6. The molecule has 0 amide bonds. The van der Waals surface area contributed by atoms with E-state index in [4.69, 9.17) is 11.6 Å².